The lowest BCUT2D eigenvalue weighted by Gasteiger charge is -2.08. The molecule has 0 aliphatic heterocycles. The Hall–Kier alpha value is -1.56. The number of anilines is 1. The fraction of sp³-hybridized carbons (Fsp3) is 0.600. The first-order chi connectivity index (χ1) is 7.52. The van der Waals surface area contributed by atoms with E-state index < -0.39 is 0 Å². The first-order valence-corrected chi connectivity index (χ1v) is 5.20. The van der Waals surface area contributed by atoms with Crippen molar-refractivity contribution in [1.82, 2.24) is 15.2 Å². The molecule has 16 heavy (non-hydrogen) atoms. The lowest BCUT2D eigenvalue weighted by molar-refractivity contribution is -0.116. The normalized spacial score (nSPS) is 12.2. The van der Waals surface area contributed by atoms with Crippen molar-refractivity contribution in [1.29, 1.82) is 0 Å². The average molecular weight is 223 g/mol. The van der Waals surface area contributed by atoms with Gasteiger partial charge in [-0.25, -0.2) is 4.98 Å². The van der Waals surface area contributed by atoms with Gasteiger partial charge < -0.3 is 5.73 Å². The number of hydrogen-bond acceptors (Lipinski definition) is 5. The predicted molar refractivity (Wildman–Crippen MR) is 60.8 cm³/mol. The second-order valence-corrected chi connectivity index (χ2v) is 3.90. The number of amides is 1. The number of nitrogens with one attached hydrogen (secondary N) is 1. The highest BCUT2D eigenvalue weighted by atomic mass is 16.1. The zero-order valence-corrected chi connectivity index (χ0v) is 9.82. The third-order valence-electron chi connectivity index (χ3n) is 2.28. The molecule has 0 radical (unpaired) electrons. The summed E-state index contributed by atoms with van der Waals surface area (Å²) in [5.74, 6) is 0.264. The summed E-state index contributed by atoms with van der Waals surface area (Å²) in [7, 11) is 0. The van der Waals surface area contributed by atoms with E-state index in [9.17, 15) is 4.79 Å². The molecule has 1 rings (SSSR count). The molecular weight excluding hydrogens is 206 g/mol. The van der Waals surface area contributed by atoms with Crippen LogP contribution in [-0.4, -0.2) is 27.6 Å². The molecule has 1 heterocycles. The van der Waals surface area contributed by atoms with Gasteiger partial charge in [-0.3, -0.25) is 10.1 Å². The van der Waals surface area contributed by atoms with Crippen LogP contribution in [0.3, 0.4) is 0 Å². The van der Waals surface area contributed by atoms with Crippen molar-refractivity contribution >= 4 is 11.9 Å². The van der Waals surface area contributed by atoms with Gasteiger partial charge in [-0.05, 0) is 26.3 Å². The molecule has 1 atom stereocenters. The molecule has 0 saturated heterocycles. The molecule has 0 bridgehead atoms. The molecule has 1 unspecified atom stereocenters. The van der Waals surface area contributed by atoms with Crippen LogP contribution in [0.5, 0.6) is 0 Å². The number of carbonyl (C=O) groups is 1. The van der Waals surface area contributed by atoms with Gasteiger partial charge in [0.05, 0.1) is 11.4 Å². The summed E-state index contributed by atoms with van der Waals surface area (Å²) in [6.07, 6.45) is 0.368. The number of aromatic nitrogens is 3. The summed E-state index contributed by atoms with van der Waals surface area (Å²) in [5.41, 5.74) is 6.95. The molecule has 0 aromatic carbocycles. The number of nitrogens with zero attached hydrogens (tertiary/aromatic N) is 3. The van der Waals surface area contributed by atoms with Crippen molar-refractivity contribution in [2.45, 2.75) is 27.2 Å². The summed E-state index contributed by atoms with van der Waals surface area (Å²) < 4.78 is 0. The highest BCUT2D eigenvalue weighted by Crippen LogP contribution is 2.04. The standard InChI is InChI=1S/C10H17N5O/c1-6(5-11)4-9(16)13-10-12-7(2)8(3)14-15-10/h6H,4-5,11H2,1-3H3,(H,12,13,15,16). The highest BCUT2D eigenvalue weighted by molar-refractivity contribution is 5.88. The number of carbonyl (C=O) groups excluding carboxylic acids is 1. The number of aryl methyl sites for hydroxylation is 2. The van der Waals surface area contributed by atoms with E-state index in [2.05, 4.69) is 20.5 Å². The molecule has 1 aromatic rings. The van der Waals surface area contributed by atoms with Gasteiger partial charge >= 0.3 is 0 Å². The molecule has 0 fully saturated rings. The second kappa shape index (κ2) is 5.50. The molecule has 6 heteroatoms. The van der Waals surface area contributed by atoms with Crippen LogP contribution in [0, 0.1) is 19.8 Å². The van der Waals surface area contributed by atoms with Gasteiger partial charge in [-0.15, -0.1) is 5.10 Å². The van der Waals surface area contributed by atoms with Crippen LogP contribution in [0.4, 0.5) is 5.95 Å². The quantitative estimate of drug-likeness (QED) is 0.771. The van der Waals surface area contributed by atoms with Gasteiger partial charge in [-0.2, -0.15) is 5.10 Å². The summed E-state index contributed by atoms with van der Waals surface area (Å²) in [5, 5.41) is 10.3. The van der Waals surface area contributed by atoms with Crippen molar-refractivity contribution in [3.8, 4) is 0 Å². The lowest BCUT2D eigenvalue weighted by Crippen LogP contribution is -2.21. The van der Waals surface area contributed by atoms with Crippen LogP contribution in [0.1, 0.15) is 24.7 Å². The van der Waals surface area contributed by atoms with E-state index in [1.54, 1.807) is 0 Å². The molecule has 0 spiro atoms. The smallest absolute Gasteiger partial charge is 0.249 e. The molecule has 1 aromatic heterocycles. The van der Waals surface area contributed by atoms with E-state index in [4.69, 9.17) is 5.73 Å². The maximum atomic E-state index is 11.5. The van der Waals surface area contributed by atoms with Crippen LogP contribution in [-0.2, 0) is 4.79 Å². The fourth-order valence-corrected chi connectivity index (χ4v) is 1.09. The first kappa shape index (κ1) is 12.5. The number of rotatable bonds is 4. The van der Waals surface area contributed by atoms with Gasteiger partial charge in [-0.1, -0.05) is 6.92 Å². The summed E-state index contributed by atoms with van der Waals surface area (Å²) in [6.45, 7) is 6.04. The van der Waals surface area contributed by atoms with Gasteiger partial charge in [0.25, 0.3) is 0 Å². The zero-order chi connectivity index (χ0) is 12.1. The second-order valence-electron chi connectivity index (χ2n) is 3.90. The van der Waals surface area contributed by atoms with Crippen LogP contribution in [0.25, 0.3) is 0 Å². The number of hydrogen-bond donors (Lipinski definition) is 2. The Morgan fingerprint density at radius 2 is 2.06 bits per heavy atom. The number of nitrogens with two attached hydrogens (primary N) is 1. The van der Waals surface area contributed by atoms with E-state index >= 15 is 0 Å². The van der Waals surface area contributed by atoms with Gasteiger partial charge in [0.2, 0.25) is 11.9 Å². The molecule has 6 nitrogen and oxygen atoms in total. The average Bonchev–Trinajstić information content (AvgIpc) is 2.23. The van der Waals surface area contributed by atoms with Crippen LogP contribution in [0.2, 0.25) is 0 Å². The molecule has 0 aliphatic rings. The minimum Gasteiger partial charge on any atom is -0.330 e. The van der Waals surface area contributed by atoms with E-state index in [0.29, 0.717) is 13.0 Å². The third kappa shape index (κ3) is 3.54. The maximum absolute atomic E-state index is 11.5. The molecular formula is C10H17N5O. The van der Waals surface area contributed by atoms with Gasteiger partial charge in [0.1, 0.15) is 0 Å². The molecule has 3 N–H and O–H groups in total. The Morgan fingerprint density at radius 3 is 2.62 bits per heavy atom. The van der Waals surface area contributed by atoms with E-state index in [-0.39, 0.29) is 17.8 Å². The lowest BCUT2D eigenvalue weighted by atomic mass is 10.1. The fourth-order valence-electron chi connectivity index (χ4n) is 1.09. The summed E-state index contributed by atoms with van der Waals surface area (Å²) in [6, 6.07) is 0. The highest BCUT2D eigenvalue weighted by Gasteiger charge is 2.10. The minimum absolute atomic E-state index is 0.136. The van der Waals surface area contributed by atoms with E-state index in [1.807, 2.05) is 20.8 Å². The minimum atomic E-state index is -0.136. The van der Waals surface area contributed by atoms with Crippen LogP contribution >= 0.6 is 0 Å². The Morgan fingerprint density at radius 1 is 1.38 bits per heavy atom. The Balaban J connectivity index is 2.59. The van der Waals surface area contributed by atoms with Crippen LogP contribution in [0.15, 0.2) is 0 Å². The largest absolute Gasteiger partial charge is 0.330 e. The summed E-state index contributed by atoms with van der Waals surface area (Å²) in [4.78, 5) is 15.6. The van der Waals surface area contributed by atoms with E-state index in [0.717, 1.165) is 11.4 Å². The predicted octanol–water partition coefficient (Wildman–Crippen LogP) is 0.412. The SMILES string of the molecule is Cc1nnc(NC(=O)CC(C)CN)nc1C. The molecule has 88 valence electrons. The third-order valence-corrected chi connectivity index (χ3v) is 2.28. The van der Waals surface area contributed by atoms with Crippen molar-refractivity contribution < 1.29 is 4.79 Å². The van der Waals surface area contributed by atoms with Crippen molar-refractivity contribution in [3.63, 3.8) is 0 Å². The van der Waals surface area contributed by atoms with E-state index in [1.165, 1.54) is 0 Å². The monoisotopic (exact) mass is 223 g/mol. The van der Waals surface area contributed by atoms with Crippen molar-refractivity contribution in [2.75, 3.05) is 11.9 Å². The Bertz CT molecular complexity index is 379. The van der Waals surface area contributed by atoms with Crippen molar-refractivity contribution in [3.05, 3.63) is 11.4 Å². The molecule has 0 saturated carbocycles. The maximum Gasteiger partial charge on any atom is 0.249 e. The Labute approximate surface area is 94.7 Å². The Kier molecular flexibility index (Phi) is 4.30. The summed E-state index contributed by atoms with van der Waals surface area (Å²) >= 11 is 0. The molecule has 1 amide bonds. The van der Waals surface area contributed by atoms with Gasteiger partial charge in [0, 0.05) is 6.42 Å². The molecule has 0 aliphatic carbocycles. The van der Waals surface area contributed by atoms with Gasteiger partial charge in [0.15, 0.2) is 0 Å². The first-order valence-electron chi connectivity index (χ1n) is 5.20. The van der Waals surface area contributed by atoms with Crippen LogP contribution < -0.4 is 11.1 Å². The zero-order valence-electron chi connectivity index (χ0n) is 9.82. The van der Waals surface area contributed by atoms with Crippen molar-refractivity contribution in [2.24, 2.45) is 11.7 Å². The topological polar surface area (TPSA) is 93.8 Å².